The largest absolute Gasteiger partial charge is 0.330 e. The van der Waals surface area contributed by atoms with Gasteiger partial charge >= 0.3 is 0 Å². The highest BCUT2D eigenvalue weighted by Crippen LogP contribution is 2.17. The summed E-state index contributed by atoms with van der Waals surface area (Å²) in [6.45, 7) is 9.28. The van der Waals surface area contributed by atoms with Crippen LogP contribution in [0.4, 0.5) is 0 Å². The molecule has 0 fully saturated rings. The van der Waals surface area contributed by atoms with Gasteiger partial charge in [-0.2, -0.15) is 0 Å². The molecule has 0 aliphatic rings. The highest BCUT2D eigenvalue weighted by molar-refractivity contribution is 4.61. The Morgan fingerprint density at radius 3 is 0.596 bits per heavy atom. The van der Waals surface area contributed by atoms with Gasteiger partial charge in [0.05, 0.1) is 0 Å². The minimum absolute atomic E-state index is 0.842. The molecular formula is C45H94N2. The van der Waals surface area contributed by atoms with Gasteiger partial charge in [0.15, 0.2) is 0 Å². The first-order valence-electron chi connectivity index (χ1n) is 22.8. The van der Waals surface area contributed by atoms with Crippen molar-refractivity contribution in [3.8, 4) is 0 Å². The highest BCUT2D eigenvalue weighted by Gasteiger charge is 2.05. The SMILES string of the molecule is CCCCCCCCCCCCCCCCCCCCCCN(CCCN)CCCCCCCCCCCCCCCCCCCC. The van der Waals surface area contributed by atoms with Crippen LogP contribution in [-0.2, 0) is 0 Å². The molecule has 2 heteroatoms. The fraction of sp³-hybridized carbons (Fsp3) is 1.00. The lowest BCUT2D eigenvalue weighted by Gasteiger charge is -2.22. The molecule has 0 aromatic heterocycles. The molecule has 0 saturated heterocycles. The summed E-state index contributed by atoms with van der Waals surface area (Å²) >= 11 is 0. The highest BCUT2D eigenvalue weighted by atomic mass is 15.1. The molecule has 0 amide bonds. The van der Waals surface area contributed by atoms with E-state index in [-0.39, 0.29) is 0 Å². The van der Waals surface area contributed by atoms with E-state index in [1.807, 2.05) is 0 Å². The molecule has 0 heterocycles. The summed E-state index contributed by atoms with van der Waals surface area (Å²) in [5.74, 6) is 0. The van der Waals surface area contributed by atoms with Crippen LogP contribution in [-0.4, -0.2) is 31.1 Å². The lowest BCUT2D eigenvalue weighted by atomic mass is 10.0. The Balaban J connectivity index is 3.41. The molecule has 284 valence electrons. The van der Waals surface area contributed by atoms with Crippen molar-refractivity contribution in [2.24, 2.45) is 5.73 Å². The van der Waals surface area contributed by atoms with Crippen molar-refractivity contribution in [2.75, 3.05) is 26.2 Å². The van der Waals surface area contributed by atoms with Gasteiger partial charge in [0.2, 0.25) is 0 Å². The molecule has 2 N–H and O–H groups in total. The van der Waals surface area contributed by atoms with E-state index < -0.39 is 0 Å². The van der Waals surface area contributed by atoms with Gasteiger partial charge in [0.25, 0.3) is 0 Å². The van der Waals surface area contributed by atoms with E-state index in [2.05, 4.69) is 18.7 Å². The maximum atomic E-state index is 5.86. The van der Waals surface area contributed by atoms with Crippen LogP contribution in [0.15, 0.2) is 0 Å². The summed E-state index contributed by atoms with van der Waals surface area (Å²) in [5, 5.41) is 0. The number of unbranched alkanes of at least 4 members (excludes halogenated alkanes) is 36. The van der Waals surface area contributed by atoms with Crippen molar-refractivity contribution in [3.63, 3.8) is 0 Å². The molecule has 47 heavy (non-hydrogen) atoms. The van der Waals surface area contributed by atoms with Crippen molar-refractivity contribution in [2.45, 2.75) is 264 Å². The quantitative estimate of drug-likeness (QED) is 0.0658. The van der Waals surface area contributed by atoms with Crippen molar-refractivity contribution >= 4 is 0 Å². The van der Waals surface area contributed by atoms with Crippen molar-refractivity contribution in [1.82, 2.24) is 4.90 Å². The van der Waals surface area contributed by atoms with Gasteiger partial charge in [0.1, 0.15) is 0 Å². The number of hydrogen-bond donors (Lipinski definition) is 1. The molecule has 2 nitrogen and oxygen atoms in total. The van der Waals surface area contributed by atoms with Gasteiger partial charge in [-0.05, 0) is 45.4 Å². The molecule has 0 unspecified atom stereocenters. The van der Waals surface area contributed by atoms with Crippen LogP contribution >= 0.6 is 0 Å². The summed E-state index contributed by atoms with van der Waals surface area (Å²) in [5.41, 5.74) is 5.86. The Morgan fingerprint density at radius 2 is 0.404 bits per heavy atom. The molecule has 0 aliphatic carbocycles. The first kappa shape index (κ1) is 46.9. The molecule has 0 rings (SSSR count). The number of nitrogens with two attached hydrogens (primary N) is 1. The number of rotatable bonds is 43. The summed E-state index contributed by atoms with van der Waals surface area (Å²) in [7, 11) is 0. The third kappa shape index (κ3) is 42.0. The maximum Gasteiger partial charge on any atom is -0.000672 e. The van der Waals surface area contributed by atoms with Crippen LogP contribution in [0.1, 0.15) is 264 Å². The fourth-order valence-electron chi connectivity index (χ4n) is 7.48. The minimum atomic E-state index is 0.842. The molecule has 0 aromatic rings. The lowest BCUT2D eigenvalue weighted by Crippen LogP contribution is -2.28. The molecular weight excluding hydrogens is 569 g/mol. The van der Waals surface area contributed by atoms with E-state index in [0.717, 1.165) is 13.0 Å². The van der Waals surface area contributed by atoms with Crippen molar-refractivity contribution < 1.29 is 0 Å². The van der Waals surface area contributed by atoms with Gasteiger partial charge < -0.3 is 10.6 Å². The monoisotopic (exact) mass is 663 g/mol. The smallest absolute Gasteiger partial charge is 0.000672 e. The number of nitrogens with zero attached hydrogens (tertiary/aromatic N) is 1. The summed E-state index contributed by atoms with van der Waals surface area (Å²) in [4.78, 5) is 2.73. The van der Waals surface area contributed by atoms with E-state index in [1.165, 1.54) is 264 Å². The third-order valence-electron chi connectivity index (χ3n) is 10.8. The topological polar surface area (TPSA) is 29.3 Å². The zero-order valence-electron chi connectivity index (χ0n) is 33.4. The molecule has 0 aromatic carbocycles. The van der Waals surface area contributed by atoms with Crippen LogP contribution in [0.25, 0.3) is 0 Å². The molecule has 0 atom stereocenters. The Labute approximate surface area is 300 Å². The fourth-order valence-corrected chi connectivity index (χ4v) is 7.48. The second-order valence-electron chi connectivity index (χ2n) is 15.7. The molecule has 0 radical (unpaired) electrons. The van der Waals surface area contributed by atoms with E-state index in [9.17, 15) is 0 Å². The van der Waals surface area contributed by atoms with Gasteiger partial charge in [0, 0.05) is 0 Å². The van der Waals surface area contributed by atoms with E-state index >= 15 is 0 Å². The molecule has 0 bridgehead atoms. The second-order valence-corrected chi connectivity index (χ2v) is 15.7. The average molecular weight is 663 g/mol. The zero-order valence-corrected chi connectivity index (χ0v) is 33.4. The van der Waals surface area contributed by atoms with Gasteiger partial charge in [-0.25, -0.2) is 0 Å². The van der Waals surface area contributed by atoms with E-state index in [0.29, 0.717) is 0 Å². The van der Waals surface area contributed by atoms with Crippen LogP contribution in [0.2, 0.25) is 0 Å². The predicted molar refractivity (Wildman–Crippen MR) is 217 cm³/mol. The minimum Gasteiger partial charge on any atom is -0.330 e. The molecule has 0 aliphatic heterocycles. The van der Waals surface area contributed by atoms with Crippen LogP contribution in [0.5, 0.6) is 0 Å². The van der Waals surface area contributed by atoms with E-state index in [4.69, 9.17) is 5.73 Å². The normalized spacial score (nSPS) is 11.7. The summed E-state index contributed by atoms with van der Waals surface area (Å²) in [6, 6.07) is 0. The summed E-state index contributed by atoms with van der Waals surface area (Å²) in [6.07, 6.45) is 56.6. The lowest BCUT2D eigenvalue weighted by molar-refractivity contribution is 0.258. The first-order chi connectivity index (χ1) is 23.3. The molecule has 0 spiro atoms. The van der Waals surface area contributed by atoms with Gasteiger partial charge in [-0.1, -0.05) is 245 Å². The van der Waals surface area contributed by atoms with Crippen LogP contribution in [0.3, 0.4) is 0 Å². The number of hydrogen-bond acceptors (Lipinski definition) is 2. The van der Waals surface area contributed by atoms with Crippen LogP contribution in [0, 0.1) is 0 Å². The van der Waals surface area contributed by atoms with Gasteiger partial charge in [-0.3, -0.25) is 0 Å². The Hall–Kier alpha value is -0.0800. The Kier molecular flexibility index (Phi) is 43.9. The van der Waals surface area contributed by atoms with Crippen molar-refractivity contribution in [3.05, 3.63) is 0 Å². The average Bonchev–Trinajstić information content (AvgIpc) is 3.08. The molecule has 0 saturated carbocycles. The second kappa shape index (κ2) is 43.9. The maximum absolute atomic E-state index is 5.86. The van der Waals surface area contributed by atoms with E-state index in [1.54, 1.807) is 0 Å². The standard InChI is InChI=1S/C45H94N2/c1-3-5-7-9-11-13-15-17-19-21-23-24-26-28-30-32-34-36-38-40-44-47(45-41-42-46)43-39-37-35-33-31-29-27-25-22-20-18-16-14-12-10-8-6-4-2/h3-46H2,1-2H3. The van der Waals surface area contributed by atoms with Gasteiger partial charge in [-0.15, -0.1) is 0 Å². The first-order valence-corrected chi connectivity index (χ1v) is 22.8. The van der Waals surface area contributed by atoms with Crippen LogP contribution < -0.4 is 5.73 Å². The Morgan fingerprint density at radius 1 is 0.234 bits per heavy atom. The zero-order chi connectivity index (χ0) is 34.0. The third-order valence-corrected chi connectivity index (χ3v) is 10.8. The Bertz CT molecular complexity index is 520. The predicted octanol–water partition coefficient (Wildman–Crippen LogP) is 15.5. The van der Waals surface area contributed by atoms with Crippen molar-refractivity contribution in [1.29, 1.82) is 0 Å². The summed E-state index contributed by atoms with van der Waals surface area (Å²) < 4.78 is 0.